The molecule has 2 aliphatic rings. The van der Waals surface area contributed by atoms with E-state index in [4.69, 9.17) is 0 Å². The maximum absolute atomic E-state index is 3.79. The van der Waals surface area contributed by atoms with Crippen molar-refractivity contribution in [2.75, 3.05) is 31.1 Å². The maximum Gasteiger partial charge on any atom is 0.0510 e. The largest absolute Gasteiger partial charge is 0.371 e. The second-order valence-electron chi connectivity index (χ2n) is 6.25. The van der Waals surface area contributed by atoms with Crippen molar-refractivity contribution in [2.45, 2.75) is 38.5 Å². The predicted octanol–water partition coefficient (Wildman–Crippen LogP) is 3.98. The molecule has 0 amide bonds. The lowest BCUT2D eigenvalue weighted by molar-refractivity contribution is 0.376. The van der Waals surface area contributed by atoms with Gasteiger partial charge in [0.15, 0.2) is 0 Å². The third-order valence-electron chi connectivity index (χ3n) is 4.63. The Balaban J connectivity index is 1.66. The van der Waals surface area contributed by atoms with Crippen molar-refractivity contribution >= 4 is 21.6 Å². The highest BCUT2D eigenvalue weighted by Gasteiger charge is 2.16. The van der Waals surface area contributed by atoms with Gasteiger partial charge in [0.05, 0.1) is 5.69 Å². The molecule has 2 saturated heterocycles. The van der Waals surface area contributed by atoms with Crippen LogP contribution in [0.2, 0.25) is 0 Å². The number of anilines is 1. The standard InChI is InChI=1S/C17H25BrN2/c18-16-12-14(11-15-5-4-8-19-13-15)6-7-17(16)20-9-2-1-3-10-20/h6-7,12,15,19H,1-5,8-11,13H2. The lowest BCUT2D eigenvalue weighted by Gasteiger charge is -2.30. The van der Waals surface area contributed by atoms with Crippen LogP contribution in [0.25, 0.3) is 0 Å². The molecule has 20 heavy (non-hydrogen) atoms. The van der Waals surface area contributed by atoms with Gasteiger partial charge >= 0.3 is 0 Å². The first-order valence-corrected chi connectivity index (χ1v) is 8.86. The molecule has 0 bridgehead atoms. The molecule has 3 rings (SSSR count). The zero-order chi connectivity index (χ0) is 13.8. The van der Waals surface area contributed by atoms with E-state index < -0.39 is 0 Å². The Labute approximate surface area is 131 Å². The fourth-order valence-electron chi connectivity index (χ4n) is 3.50. The van der Waals surface area contributed by atoms with Crippen molar-refractivity contribution < 1.29 is 0 Å². The Morgan fingerprint density at radius 2 is 2.00 bits per heavy atom. The maximum atomic E-state index is 3.79. The summed E-state index contributed by atoms with van der Waals surface area (Å²) in [5.74, 6) is 0.816. The van der Waals surface area contributed by atoms with Crippen molar-refractivity contribution in [3.05, 3.63) is 28.2 Å². The summed E-state index contributed by atoms with van der Waals surface area (Å²) in [7, 11) is 0. The van der Waals surface area contributed by atoms with E-state index in [-0.39, 0.29) is 0 Å². The summed E-state index contributed by atoms with van der Waals surface area (Å²) < 4.78 is 1.28. The molecule has 2 aliphatic heterocycles. The van der Waals surface area contributed by atoms with Crippen molar-refractivity contribution in [3.63, 3.8) is 0 Å². The van der Waals surface area contributed by atoms with Crippen LogP contribution in [0.3, 0.4) is 0 Å². The molecule has 0 aliphatic carbocycles. The van der Waals surface area contributed by atoms with Crippen molar-refractivity contribution in [2.24, 2.45) is 5.92 Å². The first-order valence-electron chi connectivity index (χ1n) is 8.07. The van der Waals surface area contributed by atoms with Gasteiger partial charge in [-0.15, -0.1) is 0 Å². The van der Waals surface area contributed by atoms with Gasteiger partial charge in [-0.2, -0.15) is 0 Å². The van der Waals surface area contributed by atoms with Crippen LogP contribution >= 0.6 is 15.9 Å². The van der Waals surface area contributed by atoms with E-state index >= 15 is 0 Å². The van der Waals surface area contributed by atoms with E-state index in [1.54, 1.807) is 0 Å². The SMILES string of the molecule is Brc1cc(CC2CCCNC2)ccc1N1CCCCC1. The molecule has 1 atom stereocenters. The molecule has 2 heterocycles. The van der Waals surface area contributed by atoms with Crippen LogP contribution in [-0.4, -0.2) is 26.2 Å². The van der Waals surface area contributed by atoms with Crippen LogP contribution in [0, 0.1) is 5.92 Å². The third kappa shape index (κ3) is 3.56. The number of nitrogens with one attached hydrogen (secondary N) is 1. The summed E-state index contributed by atoms with van der Waals surface area (Å²) in [6, 6.07) is 7.00. The number of halogens is 1. The van der Waals surface area contributed by atoms with Gasteiger partial charge in [0, 0.05) is 17.6 Å². The Morgan fingerprint density at radius 1 is 1.15 bits per heavy atom. The molecule has 1 unspecified atom stereocenters. The zero-order valence-electron chi connectivity index (χ0n) is 12.2. The molecular weight excluding hydrogens is 312 g/mol. The molecule has 0 aromatic heterocycles. The van der Waals surface area contributed by atoms with E-state index in [2.05, 4.69) is 44.3 Å². The number of piperidine rings is 2. The number of nitrogens with zero attached hydrogens (tertiary/aromatic N) is 1. The molecule has 0 radical (unpaired) electrons. The fraction of sp³-hybridized carbons (Fsp3) is 0.647. The van der Waals surface area contributed by atoms with Crippen LogP contribution in [0.1, 0.15) is 37.7 Å². The molecule has 0 spiro atoms. The molecule has 1 aromatic carbocycles. The van der Waals surface area contributed by atoms with E-state index in [1.165, 1.54) is 80.4 Å². The van der Waals surface area contributed by atoms with Gasteiger partial charge in [0.2, 0.25) is 0 Å². The van der Waals surface area contributed by atoms with E-state index in [0.717, 1.165) is 5.92 Å². The molecule has 0 saturated carbocycles. The highest BCUT2D eigenvalue weighted by Crippen LogP contribution is 2.30. The number of benzene rings is 1. The van der Waals surface area contributed by atoms with Gasteiger partial charge in [0.1, 0.15) is 0 Å². The Bertz CT molecular complexity index is 435. The van der Waals surface area contributed by atoms with Crippen LogP contribution in [0.4, 0.5) is 5.69 Å². The molecule has 1 aromatic rings. The number of hydrogen-bond acceptors (Lipinski definition) is 2. The van der Waals surface area contributed by atoms with Crippen LogP contribution in [0.5, 0.6) is 0 Å². The minimum absolute atomic E-state index is 0.816. The van der Waals surface area contributed by atoms with Gasteiger partial charge < -0.3 is 10.2 Å². The minimum atomic E-state index is 0.816. The third-order valence-corrected chi connectivity index (χ3v) is 5.27. The van der Waals surface area contributed by atoms with Gasteiger partial charge in [-0.25, -0.2) is 0 Å². The quantitative estimate of drug-likeness (QED) is 0.897. The Morgan fingerprint density at radius 3 is 2.70 bits per heavy atom. The summed E-state index contributed by atoms with van der Waals surface area (Å²) in [5, 5.41) is 3.51. The van der Waals surface area contributed by atoms with Crippen molar-refractivity contribution in [3.8, 4) is 0 Å². The molecular formula is C17H25BrN2. The topological polar surface area (TPSA) is 15.3 Å². The van der Waals surface area contributed by atoms with Gasteiger partial charge in [-0.3, -0.25) is 0 Å². The first kappa shape index (κ1) is 14.4. The average molecular weight is 337 g/mol. The van der Waals surface area contributed by atoms with Crippen LogP contribution < -0.4 is 10.2 Å². The van der Waals surface area contributed by atoms with Gasteiger partial charge in [0.25, 0.3) is 0 Å². The lowest BCUT2D eigenvalue weighted by atomic mass is 9.92. The summed E-state index contributed by atoms with van der Waals surface area (Å²) in [5.41, 5.74) is 2.86. The molecule has 2 fully saturated rings. The predicted molar refractivity (Wildman–Crippen MR) is 89.5 cm³/mol. The molecule has 1 N–H and O–H groups in total. The highest BCUT2D eigenvalue weighted by atomic mass is 79.9. The van der Waals surface area contributed by atoms with Crippen LogP contribution in [-0.2, 0) is 6.42 Å². The van der Waals surface area contributed by atoms with E-state index in [0.29, 0.717) is 0 Å². The second-order valence-corrected chi connectivity index (χ2v) is 7.10. The number of rotatable bonds is 3. The van der Waals surface area contributed by atoms with E-state index in [9.17, 15) is 0 Å². The summed E-state index contributed by atoms with van der Waals surface area (Å²) in [6.45, 7) is 4.81. The Kier molecular flexibility index (Phi) is 5.00. The molecule has 3 heteroatoms. The normalized spacial score (nSPS) is 23.9. The first-order chi connectivity index (χ1) is 9.83. The molecule has 110 valence electrons. The smallest absolute Gasteiger partial charge is 0.0510 e. The van der Waals surface area contributed by atoms with Crippen LogP contribution in [0.15, 0.2) is 22.7 Å². The Hall–Kier alpha value is -0.540. The van der Waals surface area contributed by atoms with Gasteiger partial charge in [-0.1, -0.05) is 6.07 Å². The highest BCUT2D eigenvalue weighted by molar-refractivity contribution is 9.10. The molecule has 2 nitrogen and oxygen atoms in total. The van der Waals surface area contributed by atoms with Crippen molar-refractivity contribution in [1.82, 2.24) is 5.32 Å². The summed E-state index contributed by atoms with van der Waals surface area (Å²) >= 11 is 3.79. The summed E-state index contributed by atoms with van der Waals surface area (Å²) in [4.78, 5) is 2.53. The van der Waals surface area contributed by atoms with E-state index in [1.807, 2.05) is 0 Å². The summed E-state index contributed by atoms with van der Waals surface area (Å²) in [6.07, 6.45) is 7.98. The zero-order valence-corrected chi connectivity index (χ0v) is 13.8. The van der Waals surface area contributed by atoms with Gasteiger partial charge in [-0.05, 0) is 91.2 Å². The lowest BCUT2D eigenvalue weighted by Crippen LogP contribution is -2.31. The monoisotopic (exact) mass is 336 g/mol. The average Bonchev–Trinajstić information content (AvgIpc) is 2.49. The fourth-order valence-corrected chi connectivity index (χ4v) is 4.18. The second kappa shape index (κ2) is 6.95. The number of hydrogen-bond donors (Lipinski definition) is 1. The van der Waals surface area contributed by atoms with Crippen molar-refractivity contribution in [1.29, 1.82) is 0 Å². The minimum Gasteiger partial charge on any atom is -0.371 e.